The number of hydrogen-bond donors (Lipinski definition) is 1. The van der Waals surface area contributed by atoms with Crippen molar-refractivity contribution in [2.24, 2.45) is 0 Å². The van der Waals surface area contributed by atoms with Crippen LogP contribution >= 0.6 is 0 Å². The lowest BCUT2D eigenvalue weighted by Crippen LogP contribution is -2.47. The van der Waals surface area contributed by atoms with E-state index in [4.69, 9.17) is 9.78 Å². The van der Waals surface area contributed by atoms with Gasteiger partial charge in [-0.05, 0) is 18.2 Å². The number of nitrogens with zero attached hydrogens (tertiary/aromatic N) is 2. The number of hydrogen-bond acceptors (Lipinski definition) is 5. The lowest BCUT2D eigenvalue weighted by molar-refractivity contribution is -0.194. The van der Waals surface area contributed by atoms with Crippen LogP contribution in [0, 0.1) is 0 Å². The SMILES string of the molecule is O=C(CCN1CCN(c2ccccc2)CC1)Nc1ccc2c(c1)OOC2. The van der Waals surface area contributed by atoms with Crippen LogP contribution in [-0.2, 0) is 16.3 Å². The number of benzene rings is 2. The van der Waals surface area contributed by atoms with Crippen LogP contribution in [0.2, 0.25) is 0 Å². The van der Waals surface area contributed by atoms with Gasteiger partial charge < -0.3 is 15.1 Å². The second-order valence-electron chi connectivity index (χ2n) is 6.63. The maximum atomic E-state index is 12.2. The maximum absolute atomic E-state index is 12.2. The minimum atomic E-state index is 0.0226. The fourth-order valence-electron chi connectivity index (χ4n) is 3.34. The van der Waals surface area contributed by atoms with E-state index < -0.39 is 0 Å². The first-order valence-electron chi connectivity index (χ1n) is 9.02. The minimum absolute atomic E-state index is 0.0226. The third-order valence-corrected chi connectivity index (χ3v) is 4.86. The highest BCUT2D eigenvalue weighted by Crippen LogP contribution is 2.29. The number of para-hydroxylation sites is 1. The number of rotatable bonds is 5. The van der Waals surface area contributed by atoms with Crippen molar-refractivity contribution in [3.8, 4) is 5.75 Å². The van der Waals surface area contributed by atoms with Gasteiger partial charge in [0, 0.05) is 62.1 Å². The Labute approximate surface area is 153 Å². The summed E-state index contributed by atoms with van der Waals surface area (Å²) in [6.45, 7) is 5.18. The van der Waals surface area contributed by atoms with Crippen molar-refractivity contribution >= 4 is 17.3 Å². The van der Waals surface area contributed by atoms with Crippen LogP contribution in [0.25, 0.3) is 0 Å². The van der Waals surface area contributed by atoms with Crippen molar-refractivity contribution in [3.63, 3.8) is 0 Å². The molecular weight excluding hydrogens is 330 g/mol. The van der Waals surface area contributed by atoms with Crippen LogP contribution in [0.3, 0.4) is 0 Å². The highest BCUT2D eigenvalue weighted by Gasteiger charge is 2.18. The van der Waals surface area contributed by atoms with E-state index in [2.05, 4.69) is 39.4 Å². The van der Waals surface area contributed by atoms with Crippen molar-refractivity contribution in [2.75, 3.05) is 42.9 Å². The molecule has 2 aliphatic heterocycles. The van der Waals surface area contributed by atoms with Gasteiger partial charge in [0.1, 0.15) is 6.61 Å². The third-order valence-electron chi connectivity index (χ3n) is 4.86. The van der Waals surface area contributed by atoms with Crippen LogP contribution in [0.5, 0.6) is 5.75 Å². The van der Waals surface area contributed by atoms with Crippen molar-refractivity contribution in [3.05, 3.63) is 54.1 Å². The second-order valence-corrected chi connectivity index (χ2v) is 6.63. The van der Waals surface area contributed by atoms with Crippen LogP contribution < -0.4 is 15.1 Å². The Balaban J connectivity index is 1.22. The summed E-state index contributed by atoms with van der Waals surface area (Å²) in [4.78, 5) is 26.9. The molecule has 136 valence electrons. The van der Waals surface area contributed by atoms with Crippen molar-refractivity contribution < 1.29 is 14.6 Å². The molecule has 6 nitrogen and oxygen atoms in total. The standard InChI is InChI=1S/C20H23N3O3/c24-20(21-17-7-6-16-15-25-26-19(16)14-17)8-9-22-10-12-23(13-11-22)18-4-2-1-3-5-18/h1-7,14H,8-13,15H2,(H,21,24). The average molecular weight is 353 g/mol. The van der Waals surface area contributed by atoms with Gasteiger partial charge in [0.25, 0.3) is 0 Å². The number of amides is 1. The molecule has 0 aliphatic carbocycles. The molecule has 0 aromatic heterocycles. The Morgan fingerprint density at radius 2 is 1.85 bits per heavy atom. The van der Waals surface area contributed by atoms with Crippen molar-refractivity contribution in [1.82, 2.24) is 4.90 Å². The molecule has 26 heavy (non-hydrogen) atoms. The molecule has 1 N–H and O–H groups in total. The average Bonchev–Trinajstić information content (AvgIpc) is 3.15. The van der Waals surface area contributed by atoms with Crippen LogP contribution in [-0.4, -0.2) is 43.5 Å². The molecule has 1 fully saturated rings. The second kappa shape index (κ2) is 7.76. The lowest BCUT2D eigenvalue weighted by Gasteiger charge is -2.36. The number of carbonyl (C=O) groups excluding carboxylic acids is 1. The number of anilines is 2. The monoisotopic (exact) mass is 353 g/mol. The van der Waals surface area contributed by atoms with E-state index in [-0.39, 0.29) is 5.91 Å². The van der Waals surface area contributed by atoms with E-state index in [0.29, 0.717) is 18.8 Å². The summed E-state index contributed by atoms with van der Waals surface area (Å²) < 4.78 is 0. The summed E-state index contributed by atoms with van der Waals surface area (Å²) in [5.41, 5.74) is 3.01. The predicted octanol–water partition coefficient (Wildman–Crippen LogP) is 2.66. The molecule has 2 aromatic carbocycles. The molecule has 0 saturated carbocycles. The van der Waals surface area contributed by atoms with Crippen LogP contribution in [0.1, 0.15) is 12.0 Å². The van der Waals surface area contributed by atoms with Gasteiger partial charge in [0.15, 0.2) is 5.75 Å². The quantitative estimate of drug-likeness (QED) is 0.838. The van der Waals surface area contributed by atoms with Gasteiger partial charge in [-0.15, -0.1) is 0 Å². The van der Waals surface area contributed by atoms with Crippen molar-refractivity contribution in [1.29, 1.82) is 0 Å². The maximum Gasteiger partial charge on any atom is 0.225 e. The van der Waals surface area contributed by atoms with Gasteiger partial charge >= 0.3 is 0 Å². The van der Waals surface area contributed by atoms with E-state index in [0.717, 1.165) is 44.0 Å². The molecule has 6 heteroatoms. The summed E-state index contributed by atoms with van der Waals surface area (Å²) in [7, 11) is 0. The topological polar surface area (TPSA) is 54.0 Å². The number of nitrogens with one attached hydrogen (secondary N) is 1. The number of fused-ring (bicyclic) bond motifs is 1. The zero-order valence-electron chi connectivity index (χ0n) is 14.7. The van der Waals surface area contributed by atoms with Gasteiger partial charge in [-0.3, -0.25) is 9.69 Å². The Kier molecular flexibility index (Phi) is 5.04. The molecule has 4 rings (SSSR count). The van der Waals surface area contributed by atoms with Crippen molar-refractivity contribution in [2.45, 2.75) is 13.0 Å². The summed E-state index contributed by atoms with van der Waals surface area (Å²) in [6.07, 6.45) is 0.486. The van der Waals surface area contributed by atoms with E-state index in [1.807, 2.05) is 18.2 Å². The highest BCUT2D eigenvalue weighted by atomic mass is 17.2. The highest BCUT2D eigenvalue weighted by molar-refractivity contribution is 5.91. The number of carbonyl (C=O) groups is 1. The largest absolute Gasteiger partial charge is 0.369 e. The molecule has 2 heterocycles. The molecule has 0 unspecified atom stereocenters. The van der Waals surface area contributed by atoms with E-state index >= 15 is 0 Å². The van der Waals surface area contributed by atoms with Gasteiger partial charge in [-0.1, -0.05) is 24.3 Å². The summed E-state index contributed by atoms with van der Waals surface area (Å²) in [5, 5.41) is 2.93. The molecule has 0 spiro atoms. The lowest BCUT2D eigenvalue weighted by atomic mass is 10.2. The Bertz CT molecular complexity index is 758. The zero-order valence-corrected chi connectivity index (χ0v) is 14.7. The summed E-state index contributed by atoms with van der Waals surface area (Å²) in [5.74, 6) is 0.703. The molecule has 0 bridgehead atoms. The van der Waals surface area contributed by atoms with Gasteiger partial charge in [-0.2, -0.15) is 4.89 Å². The molecule has 0 atom stereocenters. The first-order chi connectivity index (χ1) is 12.8. The Morgan fingerprint density at radius 3 is 2.65 bits per heavy atom. The summed E-state index contributed by atoms with van der Waals surface area (Å²) in [6, 6.07) is 16.1. The minimum Gasteiger partial charge on any atom is -0.369 e. The van der Waals surface area contributed by atoms with Gasteiger partial charge in [-0.25, -0.2) is 0 Å². The summed E-state index contributed by atoms with van der Waals surface area (Å²) >= 11 is 0. The Hall–Kier alpha value is -2.57. The van der Waals surface area contributed by atoms with Crippen LogP contribution in [0.15, 0.2) is 48.5 Å². The molecule has 0 radical (unpaired) electrons. The normalized spacial score (nSPS) is 16.8. The molecule has 1 saturated heterocycles. The first-order valence-corrected chi connectivity index (χ1v) is 9.02. The van der Waals surface area contributed by atoms with Gasteiger partial charge in [0.05, 0.1) is 0 Å². The fourth-order valence-corrected chi connectivity index (χ4v) is 3.34. The third kappa shape index (κ3) is 3.98. The van der Waals surface area contributed by atoms with E-state index in [1.54, 1.807) is 6.07 Å². The Morgan fingerprint density at radius 1 is 1.04 bits per heavy atom. The molecule has 2 aromatic rings. The number of piperazine rings is 1. The molecular formula is C20H23N3O3. The first kappa shape index (κ1) is 16.9. The predicted molar refractivity (Wildman–Crippen MR) is 100 cm³/mol. The molecule has 2 aliphatic rings. The fraction of sp³-hybridized carbons (Fsp3) is 0.350. The zero-order chi connectivity index (χ0) is 17.8. The van der Waals surface area contributed by atoms with E-state index in [1.165, 1.54) is 5.69 Å². The van der Waals surface area contributed by atoms with E-state index in [9.17, 15) is 4.79 Å². The van der Waals surface area contributed by atoms with Gasteiger partial charge in [0.2, 0.25) is 5.91 Å². The molecule has 1 amide bonds. The van der Waals surface area contributed by atoms with Crippen LogP contribution in [0.4, 0.5) is 11.4 Å². The smallest absolute Gasteiger partial charge is 0.225 e.